The van der Waals surface area contributed by atoms with Crippen LogP contribution in [-0.2, 0) is 0 Å². The van der Waals surface area contributed by atoms with E-state index >= 15 is 0 Å². The van der Waals surface area contributed by atoms with Crippen molar-refractivity contribution in [3.8, 4) is 33.4 Å². The van der Waals surface area contributed by atoms with Crippen LogP contribution in [0.5, 0.6) is 0 Å². The number of benzene rings is 10. The largest absolute Gasteiger partial charge is 0.456 e. The van der Waals surface area contributed by atoms with Crippen LogP contribution in [0.2, 0.25) is 0 Å². The van der Waals surface area contributed by atoms with E-state index in [2.05, 4.69) is 211 Å². The van der Waals surface area contributed by atoms with Crippen molar-refractivity contribution in [2.45, 2.75) is 0 Å². The third kappa shape index (κ3) is 5.42. The van der Waals surface area contributed by atoms with Crippen molar-refractivity contribution in [2.75, 3.05) is 4.90 Å². The number of fused-ring (bicyclic) bond motifs is 7. The first-order chi connectivity index (χ1) is 27.7. The molecule has 2 nitrogen and oxygen atoms in total. The summed E-state index contributed by atoms with van der Waals surface area (Å²) in [4.78, 5) is 2.42. The van der Waals surface area contributed by atoms with Crippen molar-refractivity contribution in [1.29, 1.82) is 0 Å². The highest BCUT2D eigenvalue weighted by molar-refractivity contribution is 6.18. The van der Waals surface area contributed by atoms with Crippen LogP contribution in [0, 0.1) is 0 Å². The van der Waals surface area contributed by atoms with Crippen molar-refractivity contribution in [3.05, 3.63) is 212 Å². The minimum Gasteiger partial charge on any atom is -0.456 e. The summed E-state index contributed by atoms with van der Waals surface area (Å²) in [6.45, 7) is 0. The fourth-order valence-corrected chi connectivity index (χ4v) is 8.48. The molecule has 1 heterocycles. The second-order valence-electron chi connectivity index (χ2n) is 14.5. The van der Waals surface area contributed by atoms with Gasteiger partial charge >= 0.3 is 0 Å². The lowest BCUT2D eigenvalue weighted by atomic mass is 9.92. The van der Waals surface area contributed by atoms with Crippen LogP contribution in [0.4, 0.5) is 17.1 Å². The molecule has 0 bridgehead atoms. The van der Waals surface area contributed by atoms with E-state index < -0.39 is 0 Å². The molecular weight excluding hydrogens is 679 g/mol. The Balaban J connectivity index is 1.18. The quantitative estimate of drug-likeness (QED) is 0.160. The van der Waals surface area contributed by atoms with E-state index in [1.807, 2.05) is 6.07 Å². The van der Waals surface area contributed by atoms with Crippen LogP contribution in [0.3, 0.4) is 0 Å². The van der Waals surface area contributed by atoms with Crippen LogP contribution in [0.15, 0.2) is 217 Å². The lowest BCUT2D eigenvalue weighted by Crippen LogP contribution is -2.11. The van der Waals surface area contributed by atoms with Crippen molar-refractivity contribution < 1.29 is 4.42 Å². The Hall–Kier alpha value is -7.42. The van der Waals surface area contributed by atoms with Gasteiger partial charge in [0.15, 0.2) is 0 Å². The van der Waals surface area contributed by atoms with E-state index in [-0.39, 0.29) is 0 Å². The summed E-state index contributed by atoms with van der Waals surface area (Å²) in [5.74, 6) is 0. The van der Waals surface area contributed by atoms with Gasteiger partial charge in [0.05, 0.1) is 5.69 Å². The fraction of sp³-hybridized carbons (Fsp3) is 0. The fourth-order valence-electron chi connectivity index (χ4n) is 8.48. The maximum Gasteiger partial charge on any atom is 0.136 e. The van der Waals surface area contributed by atoms with E-state index in [4.69, 9.17) is 4.42 Å². The SMILES string of the molecule is c1ccc(-c2ccc(N(c3ccc4cc(-c5ccccc5)ccc4c3)c3ccc4oc5ccccc5c4c3-c3ccc4ccc5ccccc5c4c3)cc2)cc1. The molecule has 0 amide bonds. The Bertz CT molecular complexity index is 3230. The van der Waals surface area contributed by atoms with Gasteiger partial charge in [0.1, 0.15) is 11.2 Å². The lowest BCUT2D eigenvalue weighted by molar-refractivity contribution is 0.669. The highest BCUT2D eigenvalue weighted by Crippen LogP contribution is 2.48. The van der Waals surface area contributed by atoms with E-state index in [0.29, 0.717) is 0 Å². The first-order valence-electron chi connectivity index (χ1n) is 19.2. The Kier molecular flexibility index (Phi) is 7.53. The molecule has 56 heavy (non-hydrogen) atoms. The van der Waals surface area contributed by atoms with Crippen LogP contribution in [0.25, 0.3) is 87.6 Å². The average molecular weight is 714 g/mol. The number of hydrogen-bond donors (Lipinski definition) is 0. The summed E-state index contributed by atoms with van der Waals surface area (Å²) >= 11 is 0. The second-order valence-corrected chi connectivity index (χ2v) is 14.5. The minimum absolute atomic E-state index is 0.870. The van der Waals surface area contributed by atoms with Gasteiger partial charge in [-0.25, -0.2) is 0 Å². The molecule has 10 aromatic carbocycles. The van der Waals surface area contributed by atoms with Gasteiger partial charge < -0.3 is 9.32 Å². The molecule has 0 aliphatic rings. The average Bonchev–Trinajstić information content (AvgIpc) is 3.66. The molecule has 1 aromatic heterocycles. The van der Waals surface area contributed by atoms with Gasteiger partial charge in [-0.2, -0.15) is 0 Å². The third-order valence-corrected chi connectivity index (χ3v) is 11.2. The van der Waals surface area contributed by atoms with Gasteiger partial charge in [-0.1, -0.05) is 158 Å². The monoisotopic (exact) mass is 713 g/mol. The molecule has 0 spiro atoms. The van der Waals surface area contributed by atoms with Crippen LogP contribution in [-0.4, -0.2) is 0 Å². The summed E-state index contributed by atoms with van der Waals surface area (Å²) in [6.07, 6.45) is 0. The molecule has 0 N–H and O–H groups in total. The molecular formula is C54H35NO. The maximum absolute atomic E-state index is 6.57. The Morgan fingerprint density at radius 2 is 0.857 bits per heavy atom. The first kappa shape index (κ1) is 32.0. The molecule has 0 unspecified atom stereocenters. The van der Waals surface area contributed by atoms with Gasteiger partial charge in [0, 0.05) is 27.7 Å². The van der Waals surface area contributed by atoms with Crippen molar-refractivity contribution in [2.24, 2.45) is 0 Å². The molecule has 0 fully saturated rings. The van der Waals surface area contributed by atoms with E-state index in [1.165, 1.54) is 54.6 Å². The molecule has 0 saturated heterocycles. The standard InChI is InChI=1S/C54H35NO/c1-3-11-36(12-4-1)38-25-28-45(29-26-38)55(46-30-27-42-33-41(22-23-43(42)34-46)37-13-5-2-6-14-37)50-31-32-52-54(48-17-9-10-18-51(48)56-52)53(50)44-24-21-40-20-19-39-15-7-8-16-47(39)49(40)35-44/h1-35H. The number of furan rings is 1. The molecule has 0 aliphatic heterocycles. The summed E-state index contributed by atoms with van der Waals surface area (Å²) in [7, 11) is 0. The molecule has 262 valence electrons. The highest BCUT2D eigenvalue weighted by Gasteiger charge is 2.23. The molecule has 11 aromatic rings. The predicted molar refractivity (Wildman–Crippen MR) is 237 cm³/mol. The zero-order valence-corrected chi connectivity index (χ0v) is 30.6. The second kappa shape index (κ2) is 13.2. The van der Waals surface area contributed by atoms with E-state index in [1.54, 1.807) is 0 Å². The summed E-state index contributed by atoms with van der Waals surface area (Å²) < 4.78 is 6.57. The van der Waals surface area contributed by atoms with E-state index in [9.17, 15) is 0 Å². The molecule has 0 saturated carbocycles. The predicted octanol–water partition coefficient (Wildman–Crippen LogP) is 15.5. The van der Waals surface area contributed by atoms with Crippen molar-refractivity contribution in [3.63, 3.8) is 0 Å². The molecule has 2 heteroatoms. The number of nitrogens with zero attached hydrogens (tertiary/aromatic N) is 1. The Morgan fingerprint density at radius 3 is 1.66 bits per heavy atom. The Morgan fingerprint density at radius 1 is 0.304 bits per heavy atom. The number of para-hydroxylation sites is 1. The summed E-state index contributed by atoms with van der Waals surface area (Å²) in [6, 6.07) is 76.6. The van der Waals surface area contributed by atoms with Crippen molar-refractivity contribution in [1.82, 2.24) is 0 Å². The van der Waals surface area contributed by atoms with Crippen LogP contribution < -0.4 is 4.90 Å². The van der Waals surface area contributed by atoms with Crippen LogP contribution >= 0.6 is 0 Å². The minimum atomic E-state index is 0.870. The molecule has 0 radical (unpaired) electrons. The van der Waals surface area contributed by atoms with Gasteiger partial charge in [-0.05, 0) is 115 Å². The normalized spacial score (nSPS) is 11.6. The lowest BCUT2D eigenvalue weighted by Gasteiger charge is -2.29. The number of anilines is 3. The van der Waals surface area contributed by atoms with Gasteiger partial charge in [0.25, 0.3) is 0 Å². The van der Waals surface area contributed by atoms with Gasteiger partial charge in [-0.3, -0.25) is 0 Å². The number of hydrogen-bond acceptors (Lipinski definition) is 2. The highest BCUT2D eigenvalue weighted by atomic mass is 16.3. The van der Waals surface area contributed by atoms with E-state index in [0.717, 1.165) is 50.1 Å². The first-order valence-corrected chi connectivity index (χ1v) is 19.2. The van der Waals surface area contributed by atoms with Gasteiger partial charge in [0.2, 0.25) is 0 Å². The zero-order chi connectivity index (χ0) is 37.0. The third-order valence-electron chi connectivity index (χ3n) is 11.2. The molecule has 0 aliphatic carbocycles. The smallest absolute Gasteiger partial charge is 0.136 e. The summed E-state index contributed by atoms with van der Waals surface area (Å²) in [5, 5.41) is 9.52. The van der Waals surface area contributed by atoms with Gasteiger partial charge in [-0.15, -0.1) is 0 Å². The number of rotatable bonds is 6. The topological polar surface area (TPSA) is 16.4 Å². The van der Waals surface area contributed by atoms with Crippen LogP contribution in [0.1, 0.15) is 0 Å². The maximum atomic E-state index is 6.57. The van der Waals surface area contributed by atoms with Crippen molar-refractivity contribution >= 4 is 71.3 Å². The molecule has 11 rings (SSSR count). The molecule has 0 atom stereocenters. The summed E-state index contributed by atoms with van der Waals surface area (Å²) in [5.41, 5.74) is 12.1. The zero-order valence-electron chi connectivity index (χ0n) is 30.6. The Labute approximate surface area is 325 Å².